The van der Waals surface area contributed by atoms with Crippen LogP contribution in [-0.2, 0) is 4.79 Å². The SMILES string of the molecule is O=CN1CCN(SCCN2CCC(O)C2)C[C@@H]1CN1CCCC1. The highest BCUT2D eigenvalue weighted by Crippen LogP contribution is 2.20. The zero-order valence-electron chi connectivity index (χ0n) is 14.0. The van der Waals surface area contributed by atoms with Gasteiger partial charge in [0, 0.05) is 51.6 Å². The van der Waals surface area contributed by atoms with Gasteiger partial charge in [0.15, 0.2) is 0 Å². The average Bonchev–Trinajstić information content (AvgIpc) is 3.20. The number of hydrogen-bond acceptors (Lipinski definition) is 6. The van der Waals surface area contributed by atoms with E-state index in [-0.39, 0.29) is 6.10 Å². The largest absolute Gasteiger partial charge is 0.392 e. The first-order valence-corrected chi connectivity index (χ1v) is 9.90. The van der Waals surface area contributed by atoms with Gasteiger partial charge in [-0.2, -0.15) is 0 Å². The van der Waals surface area contributed by atoms with Crippen molar-refractivity contribution in [2.75, 3.05) is 64.7 Å². The van der Waals surface area contributed by atoms with Gasteiger partial charge in [0.1, 0.15) is 0 Å². The summed E-state index contributed by atoms with van der Waals surface area (Å²) in [7, 11) is 0. The Bertz CT molecular complexity index is 381. The van der Waals surface area contributed by atoms with Crippen molar-refractivity contribution in [1.82, 2.24) is 19.0 Å². The number of aliphatic hydroxyl groups excluding tert-OH is 1. The topological polar surface area (TPSA) is 50.3 Å². The molecule has 3 rings (SSSR count). The van der Waals surface area contributed by atoms with E-state index >= 15 is 0 Å². The van der Waals surface area contributed by atoms with E-state index in [0.29, 0.717) is 6.04 Å². The van der Waals surface area contributed by atoms with Crippen molar-refractivity contribution < 1.29 is 9.90 Å². The number of likely N-dealkylation sites (tertiary alicyclic amines) is 2. The molecule has 2 atom stereocenters. The van der Waals surface area contributed by atoms with Gasteiger partial charge in [-0.25, -0.2) is 4.31 Å². The third-order valence-corrected chi connectivity index (χ3v) is 6.28. The molecule has 3 aliphatic rings. The molecule has 3 saturated heterocycles. The molecule has 0 aromatic rings. The summed E-state index contributed by atoms with van der Waals surface area (Å²) in [5.41, 5.74) is 0. The number of carbonyl (C=O) groups excluding carboxylic acids is 1. The summed E-state index contributed by atoms with van der Waals surface area (Å²) in [6.07, 6.45) is 4.43. The van der Waals surface area contributed by atoms with Gasteiger partial charge in [0.25, 0.3) is 0 Å². The molecule has 23 heavy (non-hydrogen) atoms. The lowest BCUT2D eigenvalue weighted by molar-refractivity contribution is -0.122. The third-order valence-electron chi connectivity index (χ3n) is 5.22. The minimum Gasteiger partial charge on any atom is -0.392 e. The summed E-state index contributed by atoms with van der Waals surface area (Å²) >= 11 is 1.91. The van der Waals surface area contributed by atoms with Gasteiger partial charge >= 0.3 is 0 Å². The lowest BCUT2D eigenvalue weighted by Gasteiger charge is -2.40. The normalized spacial score (nSPS) is 31.1. The number of hydrogen-bond donors (Lipinski definition) is 1. The average molecular weight is 343 g/mol. The van der Waals surface area contributed by atoms with Gasteiger partial charge in [0.2, 0.25) is 6.41 Å². The molecule has 0 saturated carbocycles. The van der Waals surface area contributed by atoms with Gasteiger partial charge in [-0.05, 0) is 32.4 Å². The van der Waals surface area contributed by atoms with E-state index in [2.05, 4.69) is 14.1 Å². The highest BCUT2D eigenvalue weighted by Gasteiger charge is 2.29. The van der Waals surface area contributed by atoms with Crippen molar-refractivity contribution in [3.8, 4) is 0 Å². The Morgan fingerprint density at radius 1 is 1.04 bits per heavy atom. The second-order valence-electron chi connectivity index (χ2n) is 6.97. The summed E-state index contributed by atoms with van der Waals surface area (Å²) in [5, 5.41) is 9.57. The van der Waals surface area contributed by atoms with Crippen LogP contribution in [0.4, 0.5) is 0 Å². The maximum absolute atomic E-state index is 11.3. The number of piperazine rings is 1. The molecule has 1 unspecified atom stereocenters. The van der Waals surface area contributed by atoms with Crippen molar-refractivity contribution >= 4 is 18.4 Å². The number of aliphatic hydroxyl groups is 1. The second-order valence-corrected chi connectivity index (χ2v) is 8.15. The molecule has 132 valence electrons. The lowest BCUT2D eigenvalue weighted by atomic mass is 10.2. The Morgan fingerprint density at radius 3 is 2.57 bits per heavy atom. The Kier molecular flexibility index (Phi) is 6.59. The summed E-state index contributed by atoms with van der Waals surface area (Å²) < 4.78 is 2.44. The standard InChI is InChI=1S/C16H30N4O2S/c21-14-19-7-8-20(12-15(19)11-17-4-1-2-5-17)23-10-9-18-6-3-16(22)13-18/h14-16,22H,1-13H2/t15-,16?/m0/s1. The van der Waals surface area contributed by atoms with Gasteiger partial charge < -0.3 is 14.9 Å². The zero-order valence-corrected chi connectivity index (χ0v) is 14.8. The Morgan fingerprint density at radius 2 is 1.87 bits per heavy atom. The van der Waals surface area contributed by atoms with Crippen molar-refractivity contribution in [1.29, 1.82) is 0 Å². The van der Waals surface area contributed by atoms with Gasteiger partial charge in [-0.3, -0.25) is 9.69 Å². The number of carbonyl (C=O) groups is 1. The molecule has 7 heteroatoms. The Labute approximate surface area is 143 Å². The number of rotatable bonds is 7. The third kappa shape index (κ3) is 5.06. The summed E-state index contributed by atoms with van der Waals surface area (Å²) in [4.78, 5) is 18.2. The molecule has 3 heterocycles. The van der Waals surface area contributed by atoms with E-state index in [1.54, 1.807) is 0 Å². The predicted molar refractivity (Wildman–Crippen MR) is 93.3 cm³/mol. The van der Waals surface area contributed by atoms with Gasteiger partial charge in [-0.15, -0.1) is 0 Å². The molecule has 3 fully saturated rings. The summed E-state index contributed by atoms with van der Waals surface area (Å²) in [5.74, 6) is 1.07. The Hall–Kier alpha value is -0.340. The molecule has 0 bridgehead atoms. The fourth-order valence-corrected chi connectivity index (χ4v) is 4.92. The fourth-order valence-electron chi connectivity index (χ4n) is 3.84. The van der Waals surface area contributed by atoms with E-state index in [1.165, 1.54) is 25.9 Å². The molecule has 0 radical (unpaired) electrons. The van der Waals surface area contributed by atoms with Crippen molar-refractivity contribution in [2.45, 2.75) is 31.4 Å². The monoisotopic (exact) mass is 342 g/mol. The maximum atomic E-state index is 11.3. The number of nitrogens with zero attached hydrogens (tertiary/aromatic N) is 4. The van der Waals surface area contributed by atoms with Gasteiger partial charge in [0.05, 0.1) is 12.1 Å². The number of amides is 1. The molecule has 0 aliphatic carbocycles. The van der Waals surface area contributed by atoms with E-state index in [1.807, 2.05) is 16.8 Å². The molecule has 0 spiro atoms. The van der Waals surface area contributed by atoms with Crippen LogP contribution < -0.4 is 0 Å². The number of β-amino-alcohol motifs (C(OH)–C–C–N with tert-alkyl or cyclic N) is 1. The Balaban J connectivity index is 1.40. The smallest absolute Gasteiger partial charge is 0.210 e. The van der Waals surface area contributed by atoms with E-state index < -0.39 is 0 Å². The van der Waals surface area contributed by atoms with Crippen molar-refractivity contribution in [2.24, 2.45) is 0 Å². The van der Waals surface area contributed by atoms with E-state index in [9.17, 15) is 9.90 Å². The fraction of sp³-hybridized carbons (Fsp3) is 0.938. The molecule has 0 aromatic carbocycles. The first kappa shape index (κ1) is 17.5. The van der Waals surface area contributed by atoms with Gasteiger partial charge in [-0.1, -0.05) is 11.9 Å². The predicted octanol–water partition coefficient (Wildman–Crippen LogP) is -0.0604. The van der Waals surface area contributed by atoms with Crippen LogP contribution in [0.25, 0.3) is 0 Å². The molecule has 1 amide bonds. The maximum Gasteiger partial charge on any atom is 0.210 e. The van der Waals surface area contributed by atoms with Crippen LogP contribution in [0.15, 0.2) is 0 Å². The highest BCUT2D eigenvalue weighted by atomic mass is 32.2. The van der Waals surface area contributed by atoms with Crippen LogP contribution >= 0.6 is 11.9 Å². The summed E-state index contributed by atoms with van der Waals surface area (Å²) in [6, 6.07) is 0.334. The minimum absolute atomic E-state index is 0.124. The van der Waals surface area contributed by atoms with Crippen LogP contribution in [0.3, 0.4) is 0 Å². The zero-order chi connectivity index (χ0) is 16.1. The van der Waals surface area contributed by atoms with Crippen LogP contribution in [0, 0.1) is 0 Å². The first-order chi connectivity index (χ1) is 11.2. The van der Waals surface area contributed by atoms with Crippen LogP contribution in [-0.4, -0.2) is 107 Å². The molecule has 1 N–H and O–H groups in total. The molecular weight excluding hydrogens is 312 g/mol. The van der Waals surface area contributed by atoms with Crippen LogP contribution in [0.5, 0.6) is 0 Å². The van der Waals surface area contributed by atoms with E-state index in [0.717, 1.165) is 64.4 Å². The van der Waals surface area contributed by atoms with Crippen molar-refractivity contribution in [3.05, 3.63) is 0 Å². The lowest BCUT2D eigenvalue weighted by Crippen LogP contribution is -2.54. The van der Waals surface area contributed by atoms with E-state index in [4.69, 9.17) is 0 Å². The second kappa shape index (κ2) is 8.67. The molecule has 6 nitrogen and oxygen atoms in total. The highest BCUT2D eigenvalue weighted by molar-refractivity contribution is 7.97. The quantitative estimate of drug-likeness (QED) is 0.517. The van der Waals surface area contributed by atoms with Crippen molar-refractivity contribution in [3.63, 3.8) is 0 Å². The van der Waals surface area contributed by atoms with Crippen LogP contribution in [0.1, 0.15) is 19.3 Å². The minimum atomic E-state index is -0.124. The first-order valence-electron chi connectivity index (χ1n) is 8.96. The molecular formula is C16H30N4O2S. The van der Waals surface area contributed by atoms with Crippen LogP contribution in [0.2, 0.25) is 0 Å². The molecule has 0 aromatic heterocycles. The summed E-state index contributed by atoms with van der Waals surface area (Å²) in [6.45, 7) is 9.08. The molecule has 3 aliphatic heterocycles.